The first-order chi connectivity index (χ1) is 10.1. The number of β-amino-alcohol motifs (C(OH)–C–C–N with tert-alkyl or cyclic N) is 1. The van der Waals surface area contributed by atoms with Gasteiger partial charge in [0.2, 0.25) is 5.91 Å². The van der Waals surface area contributed by atoms with Gasteiger partial charge in [-0.2, -0.15) is 13.2 Å². The van der Waals surface area contributed by atoms with Crippen LogP contribution in [-0.2, 0) is 4.79 Å². The van der Waals surface area contributed by atoms with Crippen molar-refractivity contribution in [1.82, 2.24) is 15.1 Å². The maximum absolute atomic E-state index is 12.2. The standard InChI is InChI=1S/C14H26F3N3O2/c1-4-12-8-19(5-6-20(12)7-10(2)21)11(3)13(22)18-9-14(15,16)17/h10-12,21H,4-9H2,1-3H3,(H,18,22). The van der Waals surface area contributed by atoms with Crippen LogP contribution >= 0.6 is 0 Å². The molecule has 8 heteroatoms. The molecule has 0 spiro atoms. The van der Waals surface area contributed by atoms with E-state index in [1.54, 1.807) is 13.8 Å². The number of aliphatic hydroxyl groups is 1. The van der Waals surface area contributed by atoms with E-state index in [4.69, 9.17) is 0 Å². The summed E-state index contributed by atoms with van der Waals surface area (Å²) in [5, 5.41) is 11.4. The number of nitrogens with one attached hydrogen (secondary N) is 1. The summed E-state index contributed by atoms with van der Waals surface area (Å²) in [6, 6.07) is -0.397. The van der Waals surface area contributed by atoms with Gasteiger partial charge in [-0.1, -0.05) is 6.92 Å². The molecule has 0 radical (unpaired) electrons. The van der Waals surface area contributed by atoms with E-state index < -0.39 is 30.8 Å². The number of aliphatic hydroxyl groups excluding tert-OH is 1. The smallest absolute Gasteiger partial charge is 0.392 e. The Morgan fingerprint density at radius 2 is 2.00 bits per heavy atom. The van der Waals surface area contributed by atoms with Gasteiger partial charge < -0.3 is 10.4 Å². The molecule has 1 heterocycles. The van der Waals surface area contributed by atoms with Crippen LogP contribution in [0.25, 0.3) is 0 Å². The summed E-state index contributed by atoms with van der Waals surface area (Å²) in [5.41, 5.74) is 0. The van der Waals surface area contributed by atoms with Crippen molar-refractivity contribution in [2.45, 2.75) is 51.6 Å². The number of hydrogen-bond donors (Lipinski definition) is 2. The minimum absolute atomic E-state index is 0.196. The maximum atomic E-state index is 12.2. The van der Waals surface area contributed by atoms with E-state index in [9.17, 15) is 23.1 Å². The number of piperazine rings is 1. The van der Waals surface area contributed by atoms with Gasteiger partial charge in [0.05, 0.1) is 12.1 Å². The van der Waals surface area contributed by atoms with Gasteiger partial charge in [0.15, 0.2) is 0 Å². The van der Waals surface area contributed by atoms with E-state index in [-0.39, 0.29) is 6.04 Å². The lowest BCUT2D eigenvalue weighted by atomic mass is 10.1. The van der Waals surface area contributed by atoms with E-state index in [0.29, 0.717) is 26.2 Å². The SMILES string of the molecule is CCC1CN(C(C)C(=O)NCC(F)(F)F)CCN1CC(C)O. The van der Waals surface area contributed by atoms with Crippen molar-refractivity contribution in [2.24, 2.45) is 0 Å². The summed E-state index contributed by atoms with van der Waals surface area (Å²) < 4.78 is 36.5. The molecular formula is C14H26F3N3O2. The van der Waals surface area contributed by atoms with Crippen molar-refractivity contribution in [2.75, 3.05) is 32.7 Å². The van der Waals surface area contributed by atoms with E-state index in [0.717, 1.165) is 6.42 Å². The van der Waals surface area contributed by atoms with Crippen LogP contribution in [0.3, 0.4) is 0 Å². The third-order valence-corrected chi connectivity index (χ3v) is 4.00. The number of amides is 1. The van der Waals surface area contributed by atoms with E-state index in [2.05, 4.69) is 4.90 Å². The Kier molecular flexibility index (Phi) is 7.08. The number of hydrogen-bond acceptors (Lipinski definition) is 4. The lowest BCUT2D eigenvalue weighted by Crippen LogP contribution is -2.59. The van der Waals surface area contributed by atoms with Gasteiger partial charge in [0, 0.05) is 32.2 Å². The fraction of sp³-hybridized carbons (Fsp3) is 0.929. The third-order valence-electron chi connectivity index (χ3n) is 4.00. The molecule has 0 bridgehead atoms. The molecule has 0 aromatic heterocycles. The highest BCUT2D eigenvalue weighted by molar-refractivity contribution is 5.81. The lowest BCUT2D eigenvalue weighted by molar-refractivity contribution is -0.142. The quantitative estimate of drug-likeness (QED) is 0.760. The van der Waals surface area contributed by atoms with Crippen molar-refractivity contribution in [1.29, 1.82) is 0 Å². The van der Waals surface area contributed by atoms with Crippen LogP contribution in [0.15, 0.2) is 0 Å². The summed E-state index contributed by atoms with van der Waals surface area (Å²) in [6.45, 7) is 6.57. The van der Waals surface area contributed by atoms with E-state index in [1.807, 2.05) is 17.1 Å². The second kappa shape index (κ2) is 8.12. The van der Waals surface area contributed by atoms with Crippen molar-refractivity contribution in [3.8, 4) is 0 Å². The molecule has 0 aliphatic carbocycles. The third kappa shape index (κ3) is 6.10. The minimum atomic E-state index is -4.39. The Labute approximate surface area is 129 Å². The van der Waals surface area contributed by atoms with Crippen LogP contribution in [0.4, 0.5) is 13.2 Å². The van der Waals surface area contributed by atoms with E-state index >= 15 is 0 Å². The highest BCUT2D eigenvalue weighted by Gasteiger charge is 2.33. The summed E-state index contributed by atoms with van der Waals surface area (Å²) in [4.78, 5) is 15.9. The molecular weight excluding hydrogens is 299 g/mol. The molecule has 0 aromatic carbocycles. The first-order valence-corrected chi connectivity index (χ1v) is 7.64. The largest absolute Gasteiger partial charge is 0.405 e. The molecule has 1 aliphatic heterocycles. The summed E-state index contributed by atoms with van der Waals surface area (Å²) >= 11 is 0. The van der Waals surface area contributed by atoms with Crippen LogP contribution < -0.4 is 5.32 Å². The predicted octanol–water partition coefficient (Wildman–Crippen LogP) is 0.830. The molecule has 130 valence electrons. The van der Waals surface area contributed by atoms with Crippen molar-refractivity contribution in [3.63, 3.8) is 0 Å². The van der Waals surface area contributed by atoms with Crippen LogP contribution in [0, 0.1) is 0 Å². The van der Waals surface area contributed by atoms with Gasteiger partial charge in [-0.3, -0.25) is 14.6 Å². The summed E-state index contributed by atoms with van der Waals surface area (Å²) in [7, 11) is 0. The lowest BCUT2D eigenvalue weighted by Gasteiger charge is -2.43. The zero-order valence-electron chi connectivity index (χ0n) is 13.4. The number of halogens is 3. The number of carbonyl (C=O) groups is 1. The van der Waals surface area contributed by atoms with Crippen LogP contribution in [0.1, 0.15) is 27.2 Å². The minimum Gasteiger partial charge on any atom is -0.392 e. The number of alkyl halides is 3. The fourth-order valence-electron chi connectivity index (χ4n) is 2.74. The van der Waals surface area contributed by atoms with Crippen molar-refractivity contribution in [3.05, 3.63) is 0 Å². The summed E-state index contributed by atoms with van der Waals surface area (Å²) in [6.07, 6.45) is -3.95. The van der Waals surface area contributed by atoms with Gasteiger partial charge >= 0.3 is 6.18 Å². The monoisotopic (exact) mass is 325 g/mol. The molecule has 5 nitrogen and oxygen atoms in total. The van der Waals surface area contributed by atoms with Crippen LogP contribution in [-0.4, -0.2) is 77.9 Å². The van der Waals surface area contributed by atoms with Gasteiger partial charge in [-0.25, -0.2) is 0 Å². The maximum Gasteiger partial charge on any atom is 0.405 e. The topological polar surface area (TPSA) is 55.8 Å². The van der Waals surface area contributed by atoms with Crippen molar-refractivity contribution < 1.29 is 23.1 Å². The van der Waals surface area contributed by atoms with Gasteiger partial charge in [0.25, 0.3) is 0 Å². The normalized spacial score (nSPS) is 24.0. The van der Waals surface area contributed by atoms with E-state index in [1.165, 1.54) is 0 Å². The second-order valence-corrected chi connectivity index (χ2v) is 5.91. The Bertz CT molecular complexity index is 364. The molecule has 22 heavy (non-hydrogen) atoms. The number of carbonyl (C=O) groups excluding carboxylic acids is 1. The Hall–Kier alpha value is -0.860. The Morgan fingerprint density at radius 1 is 1.36 bits per heavy atom. The van der Waals surface area contributed by atoms with Crippen LogP contribution in [0.5, 0.6) is 0 Å². The molecule has 2 N–H and O–H groups in total. The average Bonchev–Trinajstić information content (AvgIpc) is 2.43. The first kappa shape index (κ1) is 19.2. The second-order valence-electron chi connectivity index (χ2n) is 5.91. The fourth-order valence-corrected chi connectivity index (χ4v) is 2.74. The molecule has 1 saturated heterocycles. The molecule has 0 aromatic rings. The number of nitrogens with zero attached hydrogens (tertiary/aromatic N) is 2. The van der Waals surface area contributed by atoms with Gasteiger partial charge in [-0.05, 0) is 20.3 Å². The van der Waals surface area contributed by atoms with Crippen LogP contribution in [0.2, 0.25) is 0 Å². The first-order valence-electron chi connectivity index (χ1n) is 7.64. The van der Waals surface area contributed by atoms with Gasteiger partial charge in [0.1, 0.15) is 6.54 Å². The average molecular weight is 325 g/mol. The highest BCUT2D eigenvalue weighted by atomic mass is 19.4. The summed E-state index contributed by atoms with van der Waals surface area (Å²) in [5.74, 6) is -0.601. The predicted molar refractivity (Wildman–Crippen MR) is 77.4 cm³/mol. The van der Waals surface area contributed by atoms with Crippen molar-refractivity contribution >= 4 is 5.91 Å². The molecule has 0 saturated carbocycles. The molecule has 3 atom stereocenters. The van der Waals surface area contributed by atoms with Gasteiger partial charge in [-0.15, -0.1) is 0 Å². The molecule has 1 amide bonds. The Balaban J connectivity index is 2.54. The molecule has 3 unspecified atom stereocenters. The number of rotatable bonds is 6. The highest BCUT2D eigenvalue weighted by Crippen LogP contribution is 2.16. The molecule has 1 aliphatic rings. The molecule has 1 rings (SSSR count). The Morgan fingerprint density at radius 3 is 2.50 bits per heavy atom. The molecule has 1 fully saturated rings. The zero-order chi connectivity index (χ0) is 16.9. The zero-order valence-corrected chi connectivity index (χ0v) is 13.4.